The molecule has 1 atom stereocenters. The Hall–Kier alpha value is -0.960. The molecular weight excluding hydrogens is 160 g/mol. The number of alkyl halides is 1. The highest BCUT2D eigenvalue weighted by Gasteiger charge is 2.08. The zero-order valence-electron chi connectivity index (χ0n) is 6.85. The number of benzene rings is 1. The Labute approximate surface area is 70.2 Å². The lowest BCUT2D eigenvalue weighted by Crippen LogP contribution is -2.13. The van der Waals surface area contributed by atoms with Crippen LogP contribution in [0, 0.1) is 12.7 Å². The van der Waals surface area contributed by atoms with E-state index in [9.17, 15) is 8.78 Å². The van der Waals surface area contributed by atoms with Gasteiger partial charge in [0, 0.05) is 0 Å². The molecule has 0 saturated carbocycles. The number of hydrogen-bond donors (Lipinski definition) is 1. The average molecular weight is 171 g/mol. The molecule has 0 heterocycles. The summed E-state index contributed by atoms with van der Waals surface area (Å²) >= 11 is 0. The lowest BCUT2D eigenvalue weighted by atomic mass is 10.0. The molecule has 66 valence electrons. The molecule has 0 aromatic heterocycles. The van der Waals surface area contributed by atoms with Crippen molar-refractivity contribution in [2.75, 3.05) is 6.67 Å². The van der Waals surface area contributed by atoms with Crippen LogP contribution in [0.1, 0.15) is 17.2 Å². The van der Waals surface area contributed by atoms with Gasteiger partial charge in [0.2, 0.25) is 0 Å². The van der Waals surface area contributed by atoms with E-state index in [1.54, 1.807) is 6.92 Å². The molecule has 1 nitrogen and oxygen atoms in total. The maximum Gasteiger partial charge on any atom is 0.123 e. The first-order chi connectivity index (χ1) is 5.65. The number of aryl methyl sites for hydroxylation is 1. The minimum Gasteiger partial charge on any atom is -0.322 e. The molecule has 12 heavy (non-hydrogen) atoms. The minimum absolute atomic E-state index is 0.317. The molecule has 0 spiro atoms. The summed E-state index contributed by atoms with van der Waals surface area (Å²) in [5, 5.41) is 0. The Kier molecular flexibility index (Phi) is 2.76. The van der Waals surface area contributed by atoms with E-state index in [0.717, 1.165) is 0 Å². The van der Waals surface area contributed by atoms with Crippen molar-refractivity contribution in [3.63, 3.8) is 0 Å². The molecule has 1 aromatic carbocycles. The van der Waals surface area contributed by atoms with Crippen LogP contribution in [-0.2, 0) is 0 Å². The lowest BCUT2D eigenvalue weighted by molar-refractivity contribution is 0.436. The molecule has 1 rings (SSSR count). The van der Waals surface area contributed by atoms with E-state index in [1.165, 1.54) is 18.2 Å². The molecule has 0 aliphatic carbocycles. The first-order valence-corrected chi connectivity index (χ1v) is 3.72. The van der Waals surface area contributed by atoms with Crippen molar-refractivity contribution in [1.29, 1.82) is 0 Å². The third-order valence-corrected chi connectivity index (χ3v) is 1.80. The topological polar surface area (TPSA) is 26.0 Å². The summed E-state index contributed by atoms with van der Waals surface area (Å²) in [5.74, 6) is -0.317. The predicted octanol–water partition coefficient (Wildman–Crippen LogP) is 2.10. The van der Waals surface area contributed by atoms with Crippen molar-refractivity contribution < 1.29 is 8.78 Å². The molecule has 1 aromatic rings. The molecule has 0 fully saturated rings. The van der Waals surface area contributed by atoms with Crippen LogP contribution in [0.2, 0.25) is 0 Å². The maximum atomic E-state index is 12.6. The normalized spacial score (nSPS) is 13.0. The number of rotatable bonds is 2. The van der Waals surface area contributed by atoms with Gasteiger partial charge in [-0.25, -0.2) is 8.78 Å². The van der Waals surface area contributed by atoms with E-state index in [1.807, 2.05) is 0 Å². The maximum absolute atomic E-state index is 12.6. The lowest BCUT2D eigenvalue weighted by Gasteiger charge is -2.10. The van der Waals surface area contributed by atoms with Crippen LogP contribution in [0.15, 0.2) is 18.2 Å². The van der Waals surface area contributed by atoms with Gasteiger partial charge in [-0.1, -0.05) is 6.07 Å². The van der Waals surface area contributed by atoms with Gasteiger partial charge in [-0.05, 0) is 30.2 Å². The van der Waals surface area contributed by atoms with Crippen LogP contribution >= 0.6 is 0 Å². The fraction of sp³-hybridized carbons (Fsp3) is 0.333. The number of halogens is 2. The smallest absolute Gasteiger partial charge is 0.123 e. The zero-order chi connectivity index (χ0) is 9.14. The zero-order valence-corrected chi connectivity index (χ0v) is 6.85. The van der Waals surface area contributed by atoms with E-state index < -0.39 is 12.7 Å². The summed E-state index contributed by atoms with van der Waals surface area (Å²) in [7, 11) is 0. The average Bonchev–Trinajstić information content (AvgIpc) is 2.03. The van der Waals surface area contributed by atoms with Gasteiger partial charge in [0.15, 0.2) is 0 Å². The van der Waals surface area contributed by atoms with E-state index in [4.69, 9.17) is 5.73 Å². The van der Waals surface area contributed by atoms with Crippen LogP contribution in [0.5, 0.6) is 0 Å². The molecule has 0 unspecified atom stereocenters. The van der Waals surface area contributed by atoms with Gasteiger partial charge < -0.3 is 5.73 Å². The predicted molar refractivity (Wildman–Crippen MR) is 44.0 cm³/mol. The van der Waals surface area contributed by atoms with Crippen molar-refractivity contribution in [1.82, 2.24) is 0 Å². The number of nitrogens with two attached hydrogens (primary N) is 1. The molecular formula is C9H11F2N. The Morgan fingerprint density at radius 3 is 2.67 bits per heavy atom. The van der Waals surface area contributed by atoms with Crippen LogP contribution in [0.3, 0.4) is 0 Å². The van der Waals surface area contributed by atoms with Crippen molar-refractivity contribution in [2.45, 2.75) is 13.0 Å². The minimum atomic E-state index is -0.634. The van der Waals surface area contributed by atoms with Crippen LogP contribution in [-0.4, -0.2) is 6.67 Å². The quantitative estimate of drug-likeness (QED) is 0.724. The van der Waals surface area contributed by atoms with Crippen molar-refractivity contribution in [3.8, 4) is 0 Å². The van der Waals surface area contributed by atoms with Gasteiger partial charge in [0.05, 0.1) is 6.04 Å². The molecule has 0 bridgehead atoms. The van der Waals surface area contributed by atoms with Gasteiger partial charge in [0.1, 0.15) is 12.5 Å². The molecule has 2 N–H and O–H groups in total. The SMILES string of the molecule is Cc1cc(F)ccc1[C@H](N)CF. The standard InChI is InChI=1S/C9H11F2N/c1-6-4-7(11)2-3-8(6)9(12)5-10/h2-4,9H,5,12H2,1H3/t9-/m1/s1. The molecule has 0 radical (unpaired) electrons. The van der Waals surface area contributed by atoms with E-state index in [2.05, 4.69) is 0 Å². The molecule has 0 aliphatic heterocycles. The van der Waals surface area contributed by atoms with Crippen LogP contribution in [0.25, 0.3) is 0 Å². The Morgan fingerprint density at radius 2 is 2.17 bits per heavy atom. The first-order valence-electron chi connectivity index (χ1n) is 3.72. The Morgan fingerprint density at radius 1 is 1.50 bits per heavy atom. The van der Waals surface area contributed by atoms with E-state index in [-0.39, 0.29) is 5.82 Å². The summed E-state index contributed by atoms with van der Waals surface area (Å²) in [5.41, 5.74) is 6.81. The summed E-state index contributed by atoms with van der Waals surface area (Å²) in [6.07, 6.45) is 0. The second-order valence-corrected chi connectivity index (χ2v) is 2.76. The van der Waals surface area contributed by atoms with Gasteiger partial charge in [0.25, 0.3) is 0 Å². The Bertz CT molecular complexity index is 273. The second-order valence-electron chi connectivity index (χ2n) is 2.76. The largest absolute Gasteiger partial charge is 0.322 e. The van der Waals surface area contributed by atoms with Gasteiger partial charge in [-0.3, -0.25) is 0 Å². The third kappa shape index (κ3) is 1.80. The third-order valence-electron chi connectivity index (χ3n) is 1.80. The Balaban J connectivity index is 3.01. The van der Waals surface area contributed by atoms with Gasteiger partial charge >= 0.3 is 0 Å². The summed E-state index contributed by atoms with van der Waals surface area (Å²) in [6.45, 7) is 1.10. The van der Waals surface area contributed by atoms with Gasteiger partial charge in [-0.15, -0.1) is 0 Å². The van der Waals surface area contributed by atoms with Crippen molar-refractivity contribution in [3.05, 3.63) is 35.1 Å². The molecule has 0 amide bonds. The van der Waals surface area contributed by atoms with Crippen molar-refractivity contribution >= 4 is 0 Å². The summed E-state index contributed by atoms with van der Waals surface area (Å²) < 4.78 is 24.7. The van der Waals surface area contributed by atoms with E-state index in [0.29, 0.717) is 11.1 Å². The molecule has 0 saturated heterocycles. The first kappa shape index (κ1) is 9.13. The van der Waals surface area contributed by atoms with Crippen LogP contribution in [0.4, 0.5) is 8.78 Å². The molecule has 3 heteroatoms. The highest BCUT2D eigenvalue weighted by atomic mass is 19.1. The molecule has 0 aliphatic rings. The summed E-state index contributed by atoms with van der Waals surface area (Å²) in [4.78, 5) is 0. The van der Waals surface area contributed by atoms with Gasteiger partial charge in [-0.2, -0.15) is 0 Å². The number of hydrogen-bond acceptors (Lipinski definition) is 1. The fourth-order valence-corrected chi connectivity index (χ4v) is 1.14. The fourth-order valence-electron chi connectivity index (χ4n) is 1.14. The monoisotopic (exact) mass is 171 g/mol. The van der Waals surface area contributed by atoms with Crippen molar-refractivity contribution in [2.24, 2.45) is 5.73 Å². The highest BCUT2D eigenvalue weighted by Crippen LogP contribution is 2.16. The summed E-state index contributed by atoms with van der Waals surface area (Å²) in [6, 6.07) is 3.53. The van der Waals surface area contributed by atoms with Crippen LogP contribution < -0.4 is 5.73 Å². The second kappa shape index (κ2) is 3.63. The van der Waals surface area contributed by atoms with E-state index >= 15 is 0 Å². The highest BCUT2D eigenvalue weighted by molar-refractivity contribution is 5.29.